The van der Waals surface area contributed by atoms with Gasteiger partial charge >= 0.3 is 0 Å². The average molecular weight is 348 g/mol. The Kier molecular flexibility index (Phi) is 5.76. The lowest BCUT2D eigenvalue weighted by molar-refractivity contribution is -0.128. The summed E-state index contributed by atoms with van der Waals surface area (Å²) in [6, 6.07) is 7.87. The summed E-state index contributed by atoms with van der Waals surface area (Å²) < 4.78 is 14.6. The Bertz CT molecular complexity index is 772. The smallest absolute Gasteiger partial charge is 0.235 e. The van der Waals surface area contributed by atoms with Crippen LogP contribution in [0.15, 0.2) is 29.4 Å². The van der Waals surface area contributed by atoms with Crippen molar-refractivity contribution in [3.63, 3.8) is 0 Å². The number of rotatable bonds is 6. The molecule has 1 atom stereocenters. The average Bonchev–Trinajstić information content (AvgIpc) is 2.92. The molecule has 2 rings (SSSR count). The topological polar surface area (TPSA) is 101 Å². The molecule has 0 bridgehead atoms. The lowest BCUT2D eigenvalue weighted by Gasteiger charge is -2.19. The van der Waals surface area contributed by atoms with Gasteiger partial charge in [0.25, 0.3) is 0 Å². The predicted octanol–water partition coefficient (Wildman–Crippen LogP) is 1.65. The van der Waals surface area contributed by atoms with Gasteiger partial charge in [-0.2, -0.15) is 5.26 Å². The summed E-state index contributed by atoms with van der Waals surface area (Å²) in [5.41, 5.74) is 0.502. The number of aromatic nitrogens is 3. The minimum absolute atomic E-state index is 0.134. The molecule has 1 heterocycles. The van der Waals surface area contributed by atoms with Gasteiger partial charge in [0.2, 0.25) is 11.1 Å². The van der Waals surface area contributed by atoms with E-state index < -0.39 is 11.1 Å². The number of nitrogens with zero attached hydrogens (tertiary/aromatic N) is 5. The largest absolute Gasteiger partial charge is 0.344 e. The summed E-state index contributed by atoms with van der Waals surface area (Å²) in [6.45, 7) is 2.09. The highest BCUT2D eigenvalue weighted by Crippen LogP contribution is 2.25. The van der Waals surface area contributed by atoms with Crippen LogP contribution in [0.2, 0.25) is 0 Å². The maximum atomic E-state index is 13.3. The number of thioether (sulfide) groups is 1. The van der Waals surface area contributed by atoms with Gasteiger partial charge < -0.3 is 10.7 Å². The molecule has 24 heavy (non-hydrogen) atoms. The molecule has 0 unspecified atom stereocenters. The van der Waals surface area contributed by atoms with E-state index in [0.29, 0.717) is 23.1 Å². The monoisotopic (exact) mass is 348 g/mol. The Morgan fingerprint density at radius 3 is 2.96 bits per heavy atom. The normalized spacial score (nSPS) is 11.8. The number of nitriles is 1. The highest BCUT2D eigenvalue weighted by Gasteiger charge is 2.22. The summed E-state index contributed by atoms with van der Waals surface area (Å²) in [4.78, 5) is 13.7. The van der Waals surface area contributed by atoms with Crippen molar-refractivity contribution >= 4 is 17.7 Å². The zero-order valence-electron chi connectivity index (χ0n) is 13.3. The second-order valence-electron chi connectivity index (χ2n) is 5.11. The van der Waals surface area contributed by atoms with Crippen LogP contribution < -0.4 is 5.84 Å². The highest BCUT2D eigenvalue weighted by molar-refractivity contribution is 8.00. The first kappa shape index (κ1) is 17.7. The predicted molar refractivity (Wildman–Crippen MR) is 88.8 cm³/mol. The number of nitrogen functional groups attached to an aromatic ring is 1. The summed E-state index contributed by atoms with van der Waals surface area (Å²) in [5, 5.41) is 16.4. The number of amides is 1. The van der Waals surface area contributed by atoms with Gasteiger partial charge in [-0.3, -0.25) is 4.79 Å². The molecule has 0 aliphatic carbocycles. The van der Waals surface area contributed by atoms with Gasteiger partial charge in [0.15, 0.2) is 5.82 Å². The van der Waals surface area contributed by atoms with Gasteiger partial charge in [0.1, 0.15) is 5.82 Å². The molecule has 0 aliphatic rings. The first-order chi connectivity index (χ1) is 11.4. The molecule has 0 saturated carbocycles. The zero-order valence-corrected chi connectivity index (χ0v) is 14.1. The summed E-state index contributed by atoms with van der Waals surface area (Å²) in [7, 11) is 1.64. The Labute approximate surface area is 143 Å². The van der Waals surface area contributed by atoms with Crippen LogP contribution in [0.4, 0.5) is 4.39 Å². The highest BCUT2D eigenvalue weighted by atomic mass is 32.2. The Hall–Kier alpha value is -2.60. The number of hydrogen-bond donors (Lipinski definition) is 1. The number of carbonyl (C=O) groups excluding carboxylic acids is 1. The molecule has 2 aromatic rings. The van der Waals surface area contributed by atoms with E-state index in [1.54, 1.807) is 26.1 Å². The van der Waals surface area contributed by atoms with Gasteiger partial charge in [0, 0.05) is 19.2 Å². The van der Waals surface area contributed by atoms with E-state index in [1.807, 2.05) is 6.07 Å². The number of hydrogen-bond acceptors (Lipinski definition) is 6. The molecule has 9 heteroatoms. The van der Waals surface area contributed by atoms with E-state index >= 15 is 0 Å². The standard InChI is InChI=1S/C15H17FN6OS/c1-10(14(23)21(2)8-4-7-17)24-15-20-19-13(22(15)18)11-5-3-6-12(16)9-11/h3,5-6,9-10H,4,8,18H2,1-2H3/t10-/m0/s1. The van der Waals surface area contributed by atoms with E-state index in [1.165, 1.54) is 21.7 Å². The fourth-order valence-corrected chi connectivity index (χ4v) is 2.91. The fraction of sp³-hybridized carbons (Fsp3) is 0.333. The zero-order chi connectivity index (χ0) is 17.7. The van der Waals surface area contributed by atoms with Crippen LogP contribution in [0.3, 0.4) is 0 Å². The number of nitrogens with two attached hydrogens (primary N) is 1. The van der Waals surface area contributed by atoms with Crippen LogP contribution in [-0.2, 0) is 4.79 Å². The van der Waals surface area contributed by atoms with E-state index in [4.69, 9.17) is 11.1 Å². The van der Waals surface area contributed by atoms with E-state index in [2.05, 4.69) is 10.2 Å². The second kappa shape index (κ2) is 7.79. The minimum atomic E-state index is -0.444. The third-order valence-corrected chi connectivity index (χ3v) is 4.36. The van der Waals surface area contributed by atoms with Crippen molar-refractivity contribution in [1.82, 2.24) is 19.8 Å². The lowest BCUT2D eigenvalue weighted by Crippen LogP contribution is -2.34. The number of carbonyl (C=O) groups is 1. The van der Waals surface area contributed by atoms with Gasteiger partial charge in [-0.15, -0.1) is 10.2 Å². The molecule has 1 aromatic heterocycles. The van der Waals surface area contributed by atoms with E-state index in [-0.39, 0.29) is 12.3 Å². The molecular weight excluding hydrogens is 331 g/mol. The van der Waals surface area contributed by atoms with Crippen LogP contribution >= 0.6 is 11.8 Å². The quantitative estimate of drug-likeness (QED) is 0.629. The Balaban J connectivity index is 2.11. The Morgan fingerprint density at radius 2 is 2.29 bits per heavy atom. The molecule has 0 fully saturated rings. The Morgan fingerprint density at radius 1 is 1.54 bits per heavy atom. The summed E-state index contributed by atoms with van der Waals surface area (Å²) >= 11 is 1.16. The van der Waals surface area contributed by atoms with E-state index in [0.717, 1.165) is 11.8 Å². The van der Waals surface area contributed by atoms with Crippen molar-refractivity contribution in [3.05, 3.63) is 30.1 Å². The van der Waals surface area contributed by atoms with Crippen LogP contribution in [0.1, 0.15) is 13.3 Å². The van der Waals surface area contributed by atoms with Crippen molar-refractivity contribution in [2.75, 3.05) is 19.4 Å². The van der Waals surface area contributed by atoms with Crippen LogP contribution in [-0.4, -0.2) is 44.5 Å². The molecule has 0 aliphatic heterocycles. The summed E-state index contributed by atoms with van der Waals surface area (Å²) in [6.07, 6.45) is 0.274. The first-order valence-corrected chi connectivity index (χ1v) is 8.07. The van der Waals surface area contributed by atoms with E-state index in [9.17, 15) is 9.18 Å². The van der Waals surface area contributed by atoms with Gasteiger partial charge in [0.05, 0.1) is 17.7 Å². The van der Waals surface area contributed by atoms with Gasteiger partial charge in [-0.1, -0.05) is 23.9 Å². The van der Waals surface area contributed by atoms with Crippen LogP contribution in [0.25, 0.3) is 11.4 Å². The molecule has 1 amide bonds. The molecule has 0 spiro atoms. The van der Waals surface area contributed by atoms with Gasteiger partial charge in [-0.05, 0) is 19.1 Å². The van der Waals surface area contributed by atoms with Crippen molar-refractivity contribution in [2.24, 2.45) is 0 Å². The fourth-order valence-electron chi connectivity index (χ4n) is 2.03. The third kappa shape index (κ3) is 4.02. The first-order valence-electron chi connectivity index (χ1n) is 7.19. The SMILES string of the molecule is C[C@H](Sc1nnc(-c2cccc(F)c2)n1N)C(=O)N(C)CCC#N. The van der Waals surface area contributed by atoms with Crippen LogP contribution in [0, 0.1) is 17.1 Å². The summed E-state index contributed by atoms with van der Waals surface area (Å²) in [5.74, 6) is 5.76. The van der Waals surface area contributed by atoms with Crippen molar-refractivity contribution in [3.8, 4) is 17.5 Å². The molecular formula is C15H17FN6OS. The molecule has 126 valence electrons. The molecule has 1 aromatic carbocycles. The third-order valence-electron chi connectivity index (χ3n) is 3.31. The minimum Gasteiger partial charge on any atom is -0.344 e. The van der Waals surface area contributed by atoms with Crippen molar-refractivity contribution in [1.29, 1.82) is 5.26 Å². The molecule has 0 radical (unpaired) electrons. The lowest BCUT2D eigenvalue weighted by atomic mass is 10.2. The second-order valence-corrected chi connectivity index (χ2v) is 6.42. The maximum Gasteiger partial charge on any atom is 0.235 e. The van der Waals surface area contributed by atoms with Crippen molar-refractivity contribution in [2.45, 2.75) is 23.8 Å². The molecule has 2 N–H and O–H groups in total. The van der Waals surface area contributed by atoms with Crippen molar-refractivity contribution < 1.29 is 9.18 Å². The molecule has 0 saturated heterocycles. The molecule has 7 nitrogen and oxygen atoms in total. The number of halogens is 1. The number of benzene rings is 1. The van der Waals surface area contributed by atoms with Gasteiger partial charge in [-0.25, -0.2) is 9.07 Å². The van der Waals surface area contributed by atoms with Crippen LogP contribution in [0.5, 0.6) is 0 Å². The maximum absolute atomic E-state index is 13.3.